The molecule has 1 saturated carbocycles. The molecule has 1 aliphatic carbocycles. The first-order valence-corrected chi connectivity index (χ1v) is 14.0. The molecule has 2 fully saturated rings. The van der Waals surface area contributed by atoms with Gasteiger partial charge in [-0.2, -0.15) is 10.4 Å². The Morgan fingerprint density at radius 2 is 1.85 bits per heavy atom. The maximum absolute atomic E-state index is 12.7. The van der Waals surface area contributed by atoms with Gasteiger partial charge in [0.05, 0.1) is 23.7 Å². The van der Waals surface area contributed by atoms with Gasteiger partial charge in [-0.1, -0.05) is 12.1 Å². The number of aromatic nitrogens is 4. The lowest BCUT2D eigenvalue weighted by atomic mass is 10.0. The van der Waals surface area contributed by atoms with E-state index in [1.807, 2.05) is 52.8 Å². The largest absolute Gasteiger partial charge is 0.466 e. The second kappa shape index (κ2) is 12.1. The van der Waals surface area contributed by atoms with Crippen LogP contribution in [-0.2, 0) is 21.3 Å². The van der Waals surface area contributed by atoms with E-state index < -0.39 is 5.60 Å². The summed E-state index contributed by atoms with van der Waals surface area (Å²) in [5.41, 5.74) is 2.27. The minimum absolute atomic E-state index is 0.00694. The summed E-state index contributed by atoms with van der Waals surface area (Å²) in [7, 11) is 1.75. The van der Waals surface area contributed by atoms with Crippen molar-refractivity contribution in [1.82, 2.24) is 24.6 Å². The molecule has 3 heterocycles. The lowest BCUT2D eigenvalue weighted by molar-refractivity contribution is -0.144. The van der Waals surface area contributed by atoms with Gasteiger partial charge in [0.1, 0.15) is 29.5 Å². The monoisotopic (exact) mass is 561 g/mol. The topological polar surface area (TPSA) is 126 Å². The van der Waals surface area contributed by atoms with Crippen LogP contribution in [0.1, 0.15) is 60.1 Å². The van der Waals surface area contributed by atoms with Gasteiger partial charge in [0.25, 0.3) is 0 Å². The molecule has 0 radical (unpaired) electrons. The van der Waals surface area contributed by atoms with E-state index in [9.17, 15) is 14.9 Å². The van der Waals surface area contributed by atoms with Crippen molar-refractivity contribution in [2.75, 3.05) is 24.6 Å². The molecular weight excluding hydrogens is 522 g/mol. The number of anilines is 1. The van der Waals surface area contributed by atoms with E-state index in [2.05, 4.69) is 33.0 Å². The van der Waals surface area contributed by atoms with E-state index in [-0.39, 0.29) is 30.1 Å². The number of piperazine rings is 1. The van der Waals surface area contributed by atoms with Crippen molar-refractivity contribution >= 4 is 28.8 Å². The van der Waals surface area contributed by atoms with Crippen LogP contribution in [-0.4, -0.2) is 74.1 Å². The highest BCUT2D eigenvalue weighted by Gasteiger charge is 2.35. The number of aryl methyl sites for hydroxylation is 1. The number of benzene rings is 1. The van der Waals surface area contributed by atoms with Gasteiger partial charge in [-0.25, -0.2) is 14.8 Å². The van der Waals surface area contributed by atoms with Crippen molar-refractivity contribution in [3.63, 3.8) is 0 Å². The average Bonchev–Trinajstić information content (AvgIpc) is 3.70. The van der Waals surface area contributed by atoms with E-state index >= 15 is 0 Å². The number of para-hydroxylation sites is 1. The number of nitrogens with zero attached hydrogens (tertiary/aromatic N) is 7. The Morgan fingerprint density at radius 3 is 2.46 bits per heavy atom. The molecule has 41 heavy (non-hydrogen) atoms. The third-order valence-corrected chi connectivity index (χ3v) is 7.00. The van der Waals surface area contributed by atoms with Crippen molar-refractivity contribution in [3.8, 4) is 17.3 Å². The zero-order valence-electron chi connectivity index (χ0n) is 24.9. The quantitative estimate of drug-likeness (QED) is 0.417. The molecule has 5 rings (SSSR count). The first kappa shape index (κ1) is 29.8. The van der Waals surface area contributed by atoms with Crippen molar-refractivity contribution in [2.45, 2.75) is 72.1 Å². The highest BCUT2D eigenvalue weighted by atomic mass is 16.6. The fourth-order valence-electron chi connectivity index (χ4n) is 4.79. The number of carbonyl (C=O) groups is 2. The van der Waals surface area contributed by atoms with E-state index in [0.717, 1.165) is 35.1 Å². The summed E-state index contributed by atoms with van der Waals surface area (Å²) in [5.74, 6) is 1.07. The molecule has 218 valence electrons. The van der Waals surface area contributed by atoms with Crippen LogP contribution >= 0.6 is 0 Å². The Bertz CT molecular complexity index is 1450. The number of fused-ring (bicyclic) bond motifs is 1. The van der Waals surface area contributed by atoms with Gasteiger partial charge in [0, 0.05) is 49.2 Å². The Kier molecular flexibility index (Phi) is 8.80. The van der Waals surface area contributed by atoms with Crippen molar-refractivity contribution < 1.29 is 19.1 Å². The second-order valence-electron chi connectivity index (χ2n) is 11.6. The molecule has 1 saturated heterocycles. The number of esters is 1. The highest BCUT2D eigenvalue weighted by Crippen LogP contribution is 2.33. The maximum atomic E-state index is 12.7. The van der Waals surface area contributed by atoms with Gasteiger partial charge in [0.15, 0.2) is 0 Å². The first-order chi connectivity index (χ1) is 19.4. The zero-order chi connectivity index (χ0) is 29.9. The van der Waals surface area contributed by atoms with Crippen molar-refractivity contribution in [3.05, 3.63) is 36.3 Å². The summed E-state index contributed by atoms with van der Waals surface area (Å²) < 4.78 is 11.9. The number of nitriles is 1. The smallest absolute Gasteiger partial charge is 0.410 e. The minimum atomic E-state index is -0.534. The van der Waals surface area contributed by atoms with Crippen LogP contribution in [0.15, 0.2) is 30.6 Å². The molecule has 11 nitrogen and oxygen atoms in total. The predicted molar refractivity (Wildman–Crippen MR) is 155 cm³/mol. The van der Waals surface area contributed by atoms with Gasteiger partial charge < -0.3 is 19.3 Å². The fourth-order valence-corrected chi connectivity index (χ4v) is 4.79. The summed E-state index contributed by atoms with van der Waals surface area (Å²) in [6, 6.07) is 9.82. The molecule has 0 bridgehead atoms. The number of hydrogen-bond acceptors (Lipinski definition) is 9. The lowest BCUT2D eigenvalue weighted by Gasteiger charge is -2.44. The van der Waals surface area contributed by atoms with Gasteiger partial charge in [-0.05, 0) is 60.5 Å². The third kappa shape index (κ3) is 6.93. The Labute approximate surface area is 241 Å². The van der Waals surface area contributed by atoms with Crippen LogP contribution in [0.4, 0.5) is 10.6 Å². The van der Waals surface area contributed by atoms with E-state index in [0.29, 0.717) is 31.1 Å². The molecule has 0 unspecified atom stereocenters. The zero-order valence-corrected chi connectivity index (χ0v) is 24.9. The first-order valence-electron chi connectivity index (χ1n) is 14.0. The summed E-state index contributed by atoms with van der Waals surface area (Å²) in [6.45, 7) is 13.2. The van der Waals surface area contributed by atoms with Crippen LogP contribution < -0.4 is 4.90 Å². The van der Waals surface area contributed by atoms with Gasteiger partial charge in [-0.3, -0.25) is 9.48 Å². The Balaban J connectivity index is 0.000000417. The van der Waals surface area contributed by atoms with Gasteiger partial charge in [-0.15, -0.1) is 0 Å². The van der Waals surface area contributed by atoms with Crippen LogP contribution in [0.25, 0.3) is 22.2 Å². The Morgan fingerprint density at radius 1 is 1.12 bits per heavy atom. The van der Waals surface area contributed by atoms with E-state index in [1.165, 1.54) is 0 Å². The van der Waals surface area contributed by atoms with Crippen LogP contribution in [0.2, 0.25) is 0 Å². The molecule has 1 aromatic carbocycles. The lowest BCUT2D eigenvalue weighted by Crippen LogP contribution is -2.59. The average molecular weight is 562 g/mol. The van der Waals surface area contributed by atoms with Crippen LogP contribution in [0, 0.1) is 17.2 Å². The third-order valence-electron chi connectivity index (χ3n) is 7.00. The summed E-state index contributed by atoms with van der Waals surface area (Å²) in [6.07, 6.45) is 3.35. The number of rotatable bonds is 4. The number of amides is 1. The normalized spacial score (nSPS) is 18.8. The highest BCUT2D eigenvalue weighted by molar-refractivity contribution is 5.98. The molecule has 0 N–H and O–H groups in total. The van der Waals surface area contributed by atoms with Gasteiger partial charge in [0.2, 0.25) is 0 Å². The maximum Gasteiger partial charge on any atom is 0.410 e. The molecule has 3 aromatic rings. The summed E-state index contributed by atoms with van der Waals surface area (Å²) >= 11 is 0. The molecule has 2 aromatic heterocycles. The van der Waals surface area contributed by atoms with E-state index in [4.69, 9.17) is 9.47 Å². The second-order valence-corrected chi connectivity index (χ2v) is 11.6. The molecule has 1 amide bonds. The molecule has 11 heteroatoms. The van der Waals surface area contributed by atoms with Gasteiger partial charge >= 0.3 is 12.1 Å². The van der Waals surface area contributed by atoms with E-state index in [1.54, 1.807) is 29.0 Å². The molecule has 2 atom stereocenters. The fraction of sp³-hybridized carbons (Fsp3) is 0.533. The summed E-state index contributed by atoms with van der Waals surface area (Å²) in [5, 5.41) is 14.7. The number of ether oxygens (including phenoxy) is 2. The molecule has 0 spiro atoms. The minimum Gasteiger partial charge on any atom is -0.466 e. The molecular formula is C30H39N7O4. The standard InChI is InChI=1S/C24H29N7O2.C6H10O2/c1-15-13-31(23(32)33-24(3,4)5)16(2)12-30(15)22-19-9-7-8-18(21(19)26-14-27-22)20-10-17(11-25)29(6)28-20;1-2-8-6(7)5-3-4-5/h7-10,14-16H,12-13H2,1-6H3;5H,2-4H2,1H3/t15-,16+;/m0./s1. The number of hydrogen-bond donors (Lipinski definition) is 0. The number of carbonyl (C=O) groups excluding carboxylic acids is 2. The predicted octanol–water partition coefficient (Wildman–Crippen LogP) is 4.70. The SMILES string of the molecule is CCOC(=O)C1CC1.C[C@@H]1CN(c2ncnc3c(-c4cc(C#N)n(C)n4)cccc23)[C@@H](C)CN1C(=O)OC(C)(C)C. The Hall–Kier alpha value is -4.20. The van der Waals surface area contributed by atoms with Crippen molar-refractivity contribution in [2.24, 2.45) is 13.0 Å². The summed E-state index contributed by atoms with van der Waals surface area (Å²) in [4.78, 5) is 36.5. The molecule has 1 aliphatic heterocycles. The van der Waals surface area contributed by atoms with Crippen molar-refractivity contribution in [1.29, 1.82) is 5.26 Å². The van der Waals surface area contributed by atoms with Crippen LogP contribution in [0.5, 0.6) is 0 Å². The van der Waals surface area contributed by atoms with Crippen LogP contribution in [0.3, 0.4) is 0 Å². The molecule has 2 aliphatic rings.